The molecular weight excluding hydrogens is 154 g/mol. The van der Waals surface area contributed by atoms with Crippen LogP contribution in [-0.2, 0) is 0 Å². The van der Waals surface area contributed by atoms with E-state index in [2.05, 4.69) is 10.2 Å². The molecule has 0 aromatic carbocycles. The second kappa shape index (κ2) is 3.23. The fraction of sp³-hybridized carbons (Fsp3) is 0.750. The number of nitrogens with zero attached hydrogens (tertiary/aromatic N) is 3. The van der Waals surface area contributed by atoms with Crippen LogP contribution in [0.5, 0.6) is 0 Å². The molecule has 1 aromatic heterocycles. The maximum absolute atomic E-state index is 9.08. The number of hydrogen-bond donors (Lipinski definition) is 1. The molecule has 4 nitrogen and oxygen atoms in total. The summed E-state index contributed by atoms with van der Waals surface area (Å²) in [5.74, 6) is 0.404. The van der Waals surface area contributed by atoms with E-state index in [0.717, 1.165) is 12.8 Å². The molecule has 1 fully saturated rings. The summed E-state index contributed by atoms with van der Waals surface area (Å²) >= 11 is 0. The maximum Gasteiger partial charge on any atom is 0.119 e. The Kier molecular flexibility index (Phi) is 2.08. The van der Waals surface area contributed by atoms with E-state index in [1.165, 1.54) is 6.42 Å². The highest BCUT2D eigenvalue weighted by atomic mass is 16.3. The Morgan fingerprint density at radius 2 is 2.08 bits per heavy atom. The Hall–Kier alpha value is -0.900. The highest BCUT2D eigenvalue weighted by Gasteiger charge is 2.27. The third-order valence-electron chi connectivity index (χ3n) is 2.67. The summed E-state index contributed by atoms with van der Waals surface area (Å²) in [5, 5.41) is 16.6. The number of aliphatic hydroxyl groups is 1. The molecule has 12 heavy (non-hydrogen) atoms. The monoisotopic (exact) mass is 167 g/mol. The summed E-state index contributed by atoms with van der Waals surface area (Å²) in [5.41, 5.74) is 0. The molecule has 2 atom stereocenters. The quantitative estimate of drug-likeness (QED) is 0.702. The van der Waals surface area contributed by atoms with Crippen molar-refractivity contribution in [2.24, 2.45) is 5.92 Å². The van der Waals surface area contributed by atoms with E-state index in [0.29, 0.717) is 12.0 Å². The molecule has 1 N–H and O–H groups in total. The van der Waals surface area contributed by atoms with E-state index in [9.17, 15) is 0 Å². The van der Waals surface area contributed by atoms with E-state index in [1.807, 2.05) is 4.57 Å². The summed E-state index contributed by atoms with van der Waals surface area (Å²) in [7, 11) is 0. The fourth-order valence-electron chi connectivity index (χ4n) is 2.00. The zero-order valence-corrected chi connectivity index (χ0v) is 6.93. The lowest BCUT2D eigenvalue weighted by molar-refractivity contribution is 0.196. The molecule has 0 bridgehead atoms. The first kappa shape index (κ1) is 7.73. The molecule has 4 heteroatoms. The molecule has 1 heterocycles. The molecule has 0 aliphatic heterocycles. The zero-order chi connectivity index (χ0) is 8.39. The van der Waals surface area contributed by atoms with Crippen LogP contribution in [0.1, 0.15) is 25.3 Å². The normalized spacial score (nSPS) is 29.4. The van der Waals surface area contributed by atoms with Crippen LogP contribution in [0, 0.1) is 5.92 Å². The van der Waals surface area contributed by atoms with Gasteiger partial charge in [0, 0.05) is 18.6 Å². The van der Waals surface area contributed by atoms with Crippen LogP contribution in [0.2, 0.25) is 0 Å². The second-order valence-corrected chi connectivity index (χ2v) is 3.35. The molecule has 0 radical (unpaired) electrons. The van der Waals surface area contributed by atoms with Gasteiger partial charge in [-0.1, -0.05) is 6.42 Å². The van der Waals surface area contributed by atoms with Crippen molar-refractivity contribution in [3.63, 3.8) is 0 Å². The van der Waals surface area contributed by atoms with Crippen LogP contribution in [0.25, 0.3) is 0 Å². The lowest BCUT2D eigenvalue weighted by atomic mass is 10.1. The summed E-state index contributed by atoms with van der Waals surface area (Å²) in [6.45, 7) is 0.281. The van der Waals surface area contributed by atoms with E-state index >= 15 is 0 Å². The summed E-state index contributed by atoms with van der Waals surface area (Å²) in [4.78, 5) is 0. The van der Waals surface area contributed by atoms with Crippen molar-refractivity contribution >= 4 is 0 Å². The lowest BCUT2D eigenvalue weighted by Gasteiger charge is -2.17. The van der Waals surface area contributed by atoms with Crippen LogP contribution in [0.3, 0.4) is 0 Å². The first-order valence-electron chi connectivity index (χ1n) is 4.37. The van der Waals surface area contributed by atoms with Crippen LogP contribution in [0.4, 0.5) is 0 Å². The van der Waals surface area contributed by atoms with Gasteiger partial charge in [0.25, 0.3) is 0 Å². The smallest absolute Gasteiger partial charge is 0.119 e. The molecule has 2 rings (SSSR count). The SMILES string of the molecule is OCC1CCCC1n1cnnc1. The molecule has 66 valence electrons. The molecule has 0 saturated heterocycles. The van der Waals surface area contributed by atoms with Gasteiger partial charge in [0.1, 0.15) is 12.7 Å². The molecular formula is C8H13N3O. The summed E-state index contributed by atoms with van der Waals surface area (Å²) in [6, 6.07) is 0.421. The Morgan fingerprint density at radius 3 is 2.75 bits per heavy atom. The number of rotatable bonds is 2. The third-order valence-corrected chi connectivity index (χ3v) is 2.67. The van der Waals surface area contributed by atoms with Gasteiger partial charge >= 0.3 is 0 Å². The minimum absolute atomic E-state index is 0.281. The standard InChI is InChI=1S/C8H13N3O/c12-4-7-2-1-3-8(7)11-5-9-10-6-11/h5-8,12H,1-4H2. The summed E-state index contributed by atoms with van der Waals surface area (Å²) in [6.07, 6.45) is 6.94. The molecule has 1 aromatic rings. The molecule has 1 aliphatic carbocycles. The Balaban J connectivity index is 2.13. The minimum Gasteiger partial charge on any atom is -0.396 e. The first-order valence-corrected chi connectivity index (χ1v) is 4.37. The van der Waals surface area contributed by atoms with Gasteiger partial charge in [0.05, 0.1) is 0 Å². The van der Waals surface area contributed by atoms with Crippen LogP contribution < -0.4 is 0 Å². The highest BCUT2D eigenvalue weighted by Crippen LogP contribution is 2.34. The minimum atomic E-state index is 0.281. The van der Waals surface area contributed by atoms with E-state index in [-0.39, 0.29) is 6.61 Å². The average Bonchev–Trinajstić information content (AvgIpc) is 2.74. The predicted molar refractivity (Wildman–Crippen MR) is 43.5 cm³/mol. The molecule has 0 amide bonds. The van der Waals surface area contributed by atoms with E-state index in [1.54, 1.807) is 12.7 Å². The number of hydrogen-bond acceptors (Lipinski definition) is 3. The topological polar surface area (TPSA) is 50.9 Å². The van der Waals surface area contributed by atoms with Gasteiger partial charge in [-0.25, -0.2) is 0 Å². The van der Waals surface area contributed by atoms with Gasteiger partial charge in [0.2, 0.25) is 0 Å². The van der Waals surface area contributed by atoms with Crippen LogP contribution in [0.15, 0.2) is 12.7 Å². The average molecular weight is 167 g/mol. The van der Waals surface area contributed by atoms with Gasteiger partial charge in [0.15, 0.2) is 0 Å². The molecule has 2 unspecified atom stereocenters. The Bertz CT molecular complexity index is 234. The van der Waals surface area contributed by atoms with E-state index < -0.39 is 0 Å². The maximum atomic E-state index is 9.08. The number of aromatic nitrogens is 3. The first-order chi connectivity index (χ1) is 5.92. The molecule has 1 aliphatic rings. The highest BCUT2D eigenvalue weighted by molar-refractivity contribution is 4.83. The van der Waals surface area contributed by atoms with Crippen molar-refractivity contribution in [2.45, 2.75) is 25.3 Å². The van der Waals surface area contributed by atoms with Crippen molar-refractivity contribution < 1.29 is 5.11 Å². The van der Waals surface area contributed by atoms with E-state index in [4.69, 9.17) is 5.11 Å². The van der Waals surface area contributed by atoms with Crippen molar-refractivity contribution in [3.05, 3.63) is 12.7 Å². The second-order valence-electron chi connectivity index (χ2n) is 3.35. The number of aliphatic hydroxyl groups excluding tert-OH is 1. The lowest BCUT2D eigenvalue weighted by Crippen LogP contribution is -2.15. The van der Waals surface area contributed by atoms with Gasteiger partial charge in [-0.2, -0.15) is 0 Å². The van der Waals surface area contributed by atoms with Crippen molar-refractivity contribution in [2.75, 3.05) is 6.61 Å². The molecule has 0 spiro atoms. The van der Waals surface area contributed by atoms with Gasteiger partial charge in [-0.15, -0.1) is 10.2 Å². The predicted octanol–water partition coefficient (Wildman–Crippen LogP) is 0.612. The zero-order valence-electron chi connectivity index (χ0n) is 6.93. The largest absolute Gasteiger partial charge is 0.396 e. The third kappa shape index (κ3) is 1.22. The molecule has 1 saturated carbocycles. The van der Waals surface area contributed by atoms with Gasteiger partial charge in [-0.3, -0.25) is 0 Å². The van der Waals surface area contributed by atoms with Gasteiger partial charge in [-0.05, 0) is 12.8 Å². The van der Waals surface area contributed by atoms with Gasteiger partial charge < -0.3 is 9.67 Å². The fourth-order valence-corrected chi connectivity index (χ4v) is 2.00. The van der Waals surface area contributed by atoms with Crippen molar-refractivity contribution in [1.82, 2.24) is 14.8 Å². The Labute approximate surface area is 71.2 Å². The van der Waals surface area contributed by atoms with Crippen molar-refractivity contribution in [1.29, 1.82) is 0 Å². The van der Waals surface area contributed by atoms with Crippen LogP contribution >= 0.6 is 0 Å². The van der Waals surface area contributed by atoms with Crippen molar-refractivity contribution in [3.8, 4) is 0 Å². The van der Waals surface area contributed by atoms with Crippen LogP contribution in [-0.4, -0.2) is 26.5 Å². The summed E-state index contributed by atoms with van der Waals surface area (Å²) < 4.78 is 2.01. The Morgan fingerprint density at radius 1 is 1.33 bits per heavy atom.